The molecule has 7 nitrogen and oxygen atoms in total. The molecule has 0 bridgehead atoms. The predicted octanol–water partition coefficient (Wildman–Crippen LogP) is 2.49. The molecule has 1 saturated heterocycles. The molecule has 4 rings (SSSR count). The van der Waals surface area contributed by atoms with Gasteiger partial charge in [-0.05, 0) is 37.6 Å². The number of benzene rings is 1. The van der Waals surface area contributed by atoms with Crippen LogP contribution >= 0.6 is 0 Å². The maximum Gasteiger partial charge on any atom is 0.414 e. The molecule has 132 valence electrons. The number of rotatable bonds is 3. The second-order valence-electron chi connectivity index (χ2n) is 6.58. The van der Waals surface area contributed by atoms with E-state index in [1.54, 1.807) is 0 Å². The third-order valence-electron chi connectivity index (χ3n) is 5.12. The van der Waals surface area contributed by atoms with Gasteiger partial charge in [-0.15, -0.1) is 0 Å². The maximum atomic E-state index is 12.9. The third kappa shape index (κ3) is 2.62. The van der Waals surface area contributed by atoms with Gasteiger partial charge in [-0.25, -0.2) is 14.0 Å². The van der Waals surface area contributed by atoms with Gasteiger partial charge in [0.15, 0.2) is 0 Å². The van der Waals surface area contributed by atoms with Gasteiger partial charge in [-0.3, -0.25) is 5.32 Å². The van der Waals surface area contributed by atoms with Crippen LogP contribution in [-0.2, 0) is 19.0 Å². The minimum absolute atomic E-state index is 0.0572. The second-order valence-corrected chi connectivity index (χ2v) is 6.58. The Morgan fingerprint density at radius 2 is 2.08 bits per heavy atom. The van der Waals surface area contributed by atoms with Crippen molar-refractivity contribution in [2.24, 2.45) is 11.8 Å². The Bertz CT molecular complexity index is 763. The topological polar surface area (TPSA) is 97.4 Å². The number of carbonyl (C=O) groups is 2. The fraction of sp³-hybridized carbons (Fsp3) is 0.412. The molecule has 1 aromatic rings. The molecule has 8 heteroatoms. The summed E-state index contributed by atoms with van der Waals surface area (Å²) in [5.41, 5.74) is -0.0139. The van der Waals surface area contributed by atoms with Gasteiger partial charge in [0, 0.05) is 11.6 Å². The average molecular weight is 349 g/mol. The fourth-order valence-electron chi connectivity index (χ4n) is 3.81. The zero-order valence-corrected chi connectivity index (χ0v) is 13.3. The smallest absolute Gasteiger partial charge is 0.414 e. The van der Waals surface area contributed by atoms with E-state index in [9.17, 15) is 19.1 Å². The summed E-state index contributed by atoms with van der Waals surface area (Å²) in [7, 11) is 0. The van der Waals surface area contributed by atoms with E-state index in [1.807, 2.05) is 6.92 Å². The van der Waals surface area contributed by atoms with E-state index >= 15 is 0 Å². The number of hydrogen-bond donors (Lipinski definition) is 2. The summed E-state index contributed by atoms with van der Waals surface area (Å²) in [5, 5.41) is 11.8. The second kappa shape index (κ2) is 5.45. The summed E-state index contributed by atoms with van der Waals surface area (Å²) in [4.78, 5) is 23.5. The van der Waals surface area contributed by atoms with E-state index in [1.165, 1.54) is 24.3 Å². The number of anilines is 1. The lowest BCUT2D eigenvalue weighted by molar-refractivity contribution is -0.147. The molecular weight excluding hydrogens is 333 g/mol. The quantitative estimate of drug-likeness (QED) is 0.814. The van der Waals surface area contributed by atoms with Crippen molar-refractivity contribution < 1.29 is 33.3 Å². The molecule has 3 aliphatic rings. The molecule has 2 N–H and O–H groups in total. The zero-order chi connectivity index (χ0) is 17.8. The van der Waals surface area contributed by atoms with Crippen LogP contribution in [0.3, 0.4) is 0 Å². The standard InChI is InChI=1S/C17H16FNO6/c1-17-12(25-17)6-10-11(14(20)21)7-23-15(13(10)17)24-16(22)19-9-4-2-8(18)3-5-9/h2-5,7,10,12-13,15H,6H2,1H3,(H,19,22)(H,20,21)/t10-,12+,13+,15+,17+/m1/s1. The van der Waals surface area contributed by atoms with Gasteiger partial charge in [0.2, 0.25) is 0 Å². The van der Waals surface area contributed by atoms with Crippen molar-refractivity contribution in [3.63, 3.8) is 0 Å². The minimum Gasteiger partial charge on any atom is -0.478 e. The molecule has 0 spiro atoms. The van der Waals surface area contributed by atoms with Crippen LogP contribution in [0.2, 0.25) is 0 Å². The van der Waals surface area contributed by atoms with Gasteiger partial charge in [-0.1, -0.05) is 0 Å². The maximum absolute atomic E-state index is 12.9. The fourth-order valence-corrected chi connectivity index (χ4v) is 3.81. The van der Waals surface area contributed by atoms with Crippen molar-refractivity contribution in [3.05, 3.63) is 41.9 Å². The number of epoxide rings is 1. The first-order valence-electron chi connectivity index (χ1n) is 7.88. The SMILES string of the molecule is C[C@]12O[C@H]1C[C@@H]1C(C(=O)O)=CO[C@@H](OC(=O)Nc3ccc(F)cc3)[C@H]12. The number of carboxylic acid groups (broad SMARTS) is 1. The van der Waals surface area contributed by atoms with Crippen LogP contribution in [0, 0.1) is 17.7 Å². The van der Waals surface area contributed by atoms with Crippen molar-refractivity contribution in [1.82, 2.24) is 0 Å². The number of fused-ring (bicyclic) bond motifs is 3. The van der Waals surface area contributed by atoms with Crippen LogP contribution in [0.1, 0.15) is 13.3 Å². The van der Waals surface area contributed by atoms with Crippen molar-refractivity contribution in [2.45, 2.75) is 31.3 Å². The normalized spacial score (nSPS) is 34.9. The number of hydrogen-bond acceptors (Lipinski definition) is 5. The van der Waals surface area contributed by atoms with Gasteiger partial charge in [-0.2, -0.15) is 0 Å². The van der Waals surface area contributed by atoms with E-state index in [2.05, 4.69) is 5.32 Å². The Balaban J connectivity index is 1.49. The first-order chi connectivity index (χ1) is 11.9. The largest absolute Gasteiger partial charge is 0.478 e. The molecule has 0 radical (unpaired) electrons. The van der Waals surface area contributed by atoms with E-state index in [0.717, 1.165) is 6.26 Å². The first kappa shape index (κ1) is 15.9. The lowest BCUT2D eigenvalue weighted by Crippen LogP contribution is -2.43. The highest BCUT2D eigenvalue weighted by Crippen LogP contribution is 2.60. The van der Waals surface area contributed by atoms with Crippen LogP contribution < -0.4 is 5.32 Å². The molecule has 0 unspecified atom stereocenters. The van der Waals surface area contributed by atoms with Crippen molar-refractivity contribution >= 4 is 17.7 Å². The molecule has 25 heavy (non-hydrogen) atoms. The molecule has 0 aromatic heterocycles. The number of ether oxygens (including phenoxy) is 3. The molecule has 5 atom stereocenters. The number of nitrogens with one attached hydrogen (secondary N) is 1. The minimum atomic E-state index is -1.05. The summed E-state index contributed by atoms with van der Waals surface area (Å²) in [5.74, 6) is -2.15. The Morgan fingerprint density at radius 1 is 1.36 bits per heavy atom. The first-order valence-corrected chi connectivity index (χ1v) is 7.88. The van der Waals surface area contributed by atoms with Gasteiger partial charge < -0.3 is 19.3 Å². The van der Waals surface area contributed by atoms with Crippen LogP contribution in [0.15, 0.2) is 36.1 Å². The van der Waals surface area contributed by atoms with Crippen molar-refractivity contribution in [2.75, 3.05) is 5.32 Å². The summed E-state index contributed by atoms with van der Waals surface area (Å²) in [6, 6.07) is 5.23. The van der Waals surface area contributed by atoms with Crippen LogP contribution in [0.25, 0.3) is 0 Å². The molecular formula is C17H16FNO6. The highest BCUT2D eigenvalue weighted by Gasteiger charge is 2.70. The number of carbonyl (C=O) groups excluding carboxylic acids is 1. The lowest BCUT2D eigenvalue weighted by Gasteiger charge is -2.35. The summed E-state index contributed by atoms with van der Waals surface area (Å²) >= 11 is 0. The third-order valence-corrected chi connectivity index (χ3v) is 5.12. The zero-order valence-electron chi connectivity index (χ0n) is 13.3. The number of amides is 1. The van der Waals surface area contributed by atoms with Gasteiger partial charge >= 0.3 is 12.1 Å². The summed E-state index contributed by atoms with van der Waals surface area (Å²) in [6.45, 7) is 1.87. The lowest BCUT2D eigenvalue weighted by atomic mass is 9.82. The number of aliphatic carboxylic acids is 1. The number of carboxylic acids is 1. The van der Waals surface area contributed by atoms with E-state index in [0.29, 0.717) is 12.1 Å². The highest BCUT2D eigenvalue weighted by molar-refractivity contribution is 5.87. The van der Waals surface area contributed by atoms with Gasteiger partial charge in [0.05, 0.1) is 23.9 Å². The Kier molecular flexibility index (Phi) is 3.47. The molecule has 1 saturated carbocycles. The molecule has 2 fully saturated rings. The van der Waals surface area contributed by atoms with Crippen LogP contribution in [-0.4, -0.2) is 35.2 Å². The Hall–Kier alpha value is -2.61. The summed E-state index contributed by atoms with van der Waals surface area (Å²) < 4.78 is 29.3. The molecule has 1 amide bonds. The van der Waals surface area contributed by atoms with Crippen molar-refractivity contribution in [3.8, 4) is 0 Å². The monoisotopic (exact) mass is 349 g/mol. The van der Waals surface area contributed by atoms with Gasteiger partial charge in [0.1, 0.15) is 11.4 Å². The predicted molar refractivity (Wildman–Crippen MR) is 82.0 cm³/mol. The summed E-state index contributed by atoms with van der Waals surface area (Å²) in [6.07, 6.45) is -0.0743. The average Bonchev–Trinajstić information content (AvgIpc) is 3.10. The highest BCUT2D eigenvalue weighted by atomic mass is 19.1. The van der Waals surface area contributed by atoms with Crippen LogP contribution in [0.5, 0.6) is 0 Å². The van der Waals surface area contributed by atoms with E-state index in [4.69, 9.17) is 14.2 Å². The molecule has 1 aromatic carbocycles. The van der Waals surface area contributed by atoms with E-state index in [-0.39, 0.29) is 17.6 Å². The van der Waals surface area contributed by atoms with E-state index < -0.39 is 35.7 Å². The molecule has 1 aliphatic carbocycles. The molecule has 2 heterocycles. The Morgan fingerprint density at radius 3 is 2.76 bits per heavy atom. The van der Waals surface area contributed by atoms with Gasteiger partial charge in [0.25, 0.3) is 6.29 Å². The number of halogens is 1. The Labute approximate surface area is 142 Å². The van der Waals surface area contributed by atoms with Crippen molar-refractivity contribution in [1.29, 1.82) is 0 Å². The molecule has 2 aliphatic heterocycles. The van der Waals surface area contributed by atoms with Crippen LogP contribution in [0.4, 0.5) is 14.9 Å².